The van der Waals surface area contributed by atoms with E-state index in [0.717, 1.165) is 89.7 Å². The van der Waals surface area contributed by atoms with Gasteiger partial charge in [-0.25, -0.2) is 18.9 Å². The van der Waals surface area contributed by atoms with Crippen LogP contribution in [0.2, 0.25) is 0 Å². The molecule has 0 atom stereocenters. The van der Waals surface area contributed by atoms with Gasteiger partial charge in [0.2, 0.25) is 0 Å². The fourth-order valence-electron chi connectivity index (χ4n) is 6.09. The summed E-state index contributed by atoms with van der Waals surface area (Å²) in [5, 5.41) is 12.2. The maximum Gasteiger partial charge on any atom is 0.199 e. The normalized spacial score (nSPS) is 14.5. The molecule has 4 aromatic heterocycles. The Hall–Kier alpha value is -4.76. The van der Waals surface area contributed by atoms with E-state index in [-0.39, 0.29) is 5.82 Å². The van der Waals surface area contributed by atoms with Crippen molar-refractivity contribution in [3.8, 4) is 33.9 Å². The van der Waals surface area contributed by atoms with Crippen LogP contribution >= 0.6 is 0 Å². The Labute approximate surface area is 249 Å². The molecule has 7 rings (SSSR count). The lowest BCUT2D eigenvalue weighted by molar-refractivity contribution is 0.202. The van der Waals surface area contributed by atoms with Gasteiger partial charge in [-0.2, -0.15) is 10.2 Å². The molecule has 0 radical (unpaired) electrons. The number of nitrogens with zero attached hydrogens (tertiary/aromatic N) is 7. The number of likely N-dealkylation sites (tertiary alicyclic amines) is 1. The first-order valence-corrected chi connectivity index (χ1v) is 14.9. The fourth-order valence-corrected chi connectivity index (χ4v) is 6.09. The van der Waals surface area contributed by atoms with Crippen LogP contribution in [0.5, 0.6) is 0 Å². The molecule has 216 valence electrons. The molecule has 1 aliphatic heterocycles. The van der Waals surface area contributed by atoms with Gasteiger partial charge in [-0.15, -0.1) is 0 Å². The zero-order valence-electron chi connectivity index (χ0n) is 24.3. The largest absolute Gasteiger partial charge is 0.299 e. The van der Waals surface area contributed by atoms with Crippen LogP contribution in [0.15, 0.2) is 79.1 Å². The summed E-state index contributed by atoms with van der Waals surface area (Å²) in [6.45, 7) is 7.00. The molecule has 43 heavy (non-hydrogen) atoms. The molecule has 5 heterocycles. The van der Waals surface area contributed by atoms with E-state index in [2.05, 4.69) is 56.4 Å². The summed E-state index contributed by atoms with van der Waals surface area (Å²) in [6.07, 6.45) is 6.64. The smallest absolute Gasteiger partial charge is 0.199 e. The van der Waals surface area contributed by atoms with Gasteiger partial charge in [0.25, 0.3) is 0 Å². The van der Waals surface area contributed by atoms with Gasteiger partial charge in [-0.3, -0.25) is 15.0 Å². The second-order valence-corrected chi connectivity index (χ2v) is 11.2. The third-order valence-corrected chi connectivity index (χ3v) is 8.40. The number of piperidine rings is 1. The van der Waals surface area contributed by atoms with Crippen LogP contribution in [0.4, 0.5) is 4.39 Å². The lowest BCUT2D eigenvalue weighted by Crippen LogP contribution is -2.32. The summed E-state index contributed by atoms with van der Waals surface area (Å²) in [6, 6.07) is 21.1. The second-order valence-electron chi connectivity index (χ2n) is 11.2. The third kappa shape index (κ3) is 5.44. The Morgan fingerprint density at radius 1 is 0.953 bits per heavy atom. The van der Waals surface area contributed by atoms with E-state index < -0.39 is 0 Å². The van der Waals surface area contributed by atoms with Crippen molar-refractivity contribution >= 4 is 5.65 Å². The number of hydrogen-bond acceptors (Lipinski definition) is 6. The number of fused-ring (bicyclic) bond motifs is 1. The van der Waals surface area contributed by atoms with Crippen molar-refractivity contribution in [1.82, 2.24) is 39.7 Å². The summed E-state index contributed by atoms with van der Waals surface area (Å²) in [5.41, 5.74) is 8.44. The zero-order valence-corrected chi connectivity index (χ0v) is 24.3. The van der Waals surface area contributed by atoms with Gasteiger partial charge in [0, 0.05) is 41.5 Å². The average molecular weight is 573 g/mol. The van der Waals surface area contributed by atoms with Gasteiger partial charge in [-0.05, 0) is 74.7 Å². The number of aryl methyl sites for hydroxylation is 2. The maximum atomic E-state index is 14.2. The number of nitrogens with one attached hydrogen (secondary N) is 1. The standard InChI is InChI=1S/C34H33FN8/c1-3-28-22(2)41-43-21-29(26-7-6-8-27(35)19-26)31(37-34(28)43)24-12-10-23(11-13-24)20-42-17-14-25(15-18-42)32-38-33(40-39-32)30-9-4-5-16-36-30/h4-13,16,19,21,25H,3,14-15,17-18,20H2,1-2H3,(H,38,39,40). The number of aromatic amines is 1. The summed E-state index contributed by atoms with van der Waals surface area (Å²) >= 11 is 0. The topological polar surface area (TPSA) is 87.9 Å². The molecule has 0 amide bonds. The summed E-state index contributed by atoms with van der Waals surface area (Å²) in [5.74, 6) is 1.70. The number of benzene rings is 2. The fraction of sp³-hybridized carbons (Fsp3) is 0.265. The number of H-pyrrole nitrogens is 1. The summed E-state index contributed by atoms with van der Waals surface area (Å²) in [7, 11) is 0. The number of aromatic nitrogens is 7. The Morgan fingerprint density at radius 3 is 2.53 bits per heavy atom. The highest BCUT2D eigenvalue weighted by molar-refractivity contribution is 5.82. The highest BCUT2D eigenvalue weighted by Gasteiger charge is 2.24. The van der Waals surface area contributed by atoms with Crippen molar-refractivity contribution < 1.29 is 4.39 Å². The van der Waals surface area contributed by atoms with Crippen LogP contribution in [-0.4, -0.2) is 52.8 Å². The van der Waals surface area contributed by atoms with E-state index in [1.165, 1.54) is 11.6 Å². The van der Waals surface area contributed by atoms with Gasteiger partial charge >= 0.3 is 0 Å². The van der Waals surface area contributed by atoms with Crippen molar-refractivity contribution in [2.75, 3.05) is 13.1 Å². The van der Waals surface area contributed by atoms with Crippen molar-refractivity contribution in [3.05, 3.63) is 108 Å². The lowest BCUT2D eigenvalue weighted by Gasteiger charge is -2.31. The first-order chi connectivity index (χ1) is 21.1. The minimum atomic E-state index is -0.273. The van der Waals surface area contributed by atoms with Gasteiger partial charge < -0.3 is 0 Å². The quantitative estimate of drug-likeness (QED) is 0.231. The van der Waals surface area contributed by atoms with Crippen molar-refractivity contribution in [3.63, 3.8) is 0 Å². The molecule has 0 unspecified atom stereocenters. The van der Waals surface area contributed by atoms with E-state index in [1.807, 2.05) is 41.9 Å². The zero-order chi connectivity index (χ0) is 29.3. The monoisotopic (exact) mass is 572 g/mol. The van der Waals surface area contributed by atoms with Crippen molar-refractivity contribution in [2.45, 2.75) is 45.6 Å². The van der Waals surface area contributed by atoms with Gasteiger partial charge in [0.15, 0.2) is 11.5 Å². The molecule has 1 N–H and O–H groups in total. The summed E-state index contributed by atoms with van der Waals surface area (Å²) in [4.78, 5) is 16.7. The van der Waals surface area contributed by atoms with Crippen molar-refractivity contribution in [2.24, 2.45) is 0 Å². The van der Waals surface area contributed by atoms with E-state index in [0.29, 0.717) is 11.7 Å². The van der Waals surface area contributed by atoms with Crippen LogP contribution in [0.3, 0.4) is 0 Å². The maximum absolute atomic E-state index is 14.2. The molecule has 0 saturated carbocycles. The van der Waals surface area contributed by atoms with Crippen LogP contribution in [0, 0.1) is 12.7 Å². The van der Waals surface area contributed by atoms with Crippen LogP contribution < -0.4 is 0 Å². The molecule has 8 nitrogen and oxygen atoms in total. The molecule has 0 spiro atoms. The minimum absolute atomic E-state index is 0.273. The third-order valence-electron chi connectivity index (χ3n) is 8.40. The summed E-state index contributed by atoms with van der Waals surface area (Å²) < 4.78 is 16.1. The molecule has 0 bridgehead atoms. The number of hydrogen-bond donors (Lipinski definition) is 1. The van der Waals surface area contributed by atoms with Crippen LogP contribution in [0.25, 0.3) is 39.5 Å². The van der Waals surface area contributed by atoms with Gasteiger partial charge in [0.05, 0.1) is 11.4 Å². The minimum Gasteiger partial charge on any atom is -0.299 e. The molecule has 1 saturated heterocycles. The number of halogens is 1. The number of pyridine rings is 1. The van der Waals surface area contributed by atoms with Gasteiger partial charge in [0.1, 0.15) is 17.3 Å². The highest BCUT2D eigenvalue weighted by atomic mass is 19.1. The Kier molecular flexibility index (Phi) is 7.24. The Balaban J connectivity index is 1.08. The molecular formula is C34H33FN8. The van der Waals surface area contributed by atoms with E-state index >= 15 is 0 Å². The Morgan fingerprint density at radius 2 is 1.79 bits per heavy atom. The predicted octanol–water partition coefficient (Wildman–Crippen LogP) is 6.63. The molecule has 0 aliphatic carbocycles. The van der Waals surface area contributed by atoms with Crippen molar-refractivity contribution in [1.29, 1.82) is 0 Å². The van der Waals surface area contributed by atoms with E-state index in [1.54, 1.807) is 18.3 Å². The van der Waals surface area contributed by atoms with Crippen LogP contribution in [-0.2, 0) is 13.0 Å². The molecule has 1 fully saturated rings. The molecule has 2 aromatic carbocycles. The predicted molar refractivity (Wildman–Crippen MR) is 165 cm³/mol. The first-order valence-electron chi connectivity index (χ1n) is 14.9. The Bertz CT molecular complexity index is 1870. The second kappa shape index (κ2) is 11.5. The number of rotatable bonds is 7. The van der Waals surface area contributed by atoms with Gasteiger partial charge in [-0.1, -0.05) is 49.4 Å². The van der Waals surface area contributed by atoms with Crippen LogP contribution in [0.1, 0.15) is 48.3 Å². The lowest BCUT2D eigenvalue weighted by atomic mass is 9.95. The molecular weight excluding hydrogens is 539 g/mol. The van der Waals surface area contributed by atoms with E-state index in [9.17, 15) is 4.39 Å². The molecule has 6 aromatic rings. The first kappa shape index (κ1) is 27.1. The van der Waals surface area contributed by atoms with E-state index in [4.69, 9.17) is 9.97 Å². The molecule has 1 aliphatic rings. The average Bonchev–Trinajstić information content (AvgIpc) is 3.65. The SMILES string of the molecule is CCc1c(C)nn2cc(-c3cccc(F)c3)c(-c3ccc(CN4CCC(c5nc(-c6ccccn6)n[nH]5)CC4)cc3)nc12. The molecule has 9 heteroatoms. The highest BCUT2D eigenvalue weighted by Crippen LogP contribution is 2.33.